The van der Waals surface area contributed by atoms with E-state index in [-0.39, 0.29) is 5.78 Å². The summed E-state index contributed by atoms with van der Waals surface area (Å²) in [6, 6.07) is 12.0. The molecule has 0 atom stereocenters. The van der Waals surface area contributed by atoms with Crippen molar-refractivity contribution in [3.05, 3.63) is 69.3 Å². The van der Waals surface area contributed by atoms with Crippen LogP contribution < -0.4 is 0 Å². The molecular weight excluding hydrogens is 307 g/mol. The predicted molar refractivity (Wildman–Crippen MR) is 82.9 cm³/mol. The minimum absolute atomic E-state index is 0.233. The standard InChI is InChI=1S/C16H8Cl2N2O/c17-10-2-3-14(18)12(6-10)16(21)13-8-20-15-4-1-9(7-19)5-11(13)15/h1-6,8,20H. The highest BCUT2D eigenvalue weighted by Gasteiger charge is 2.17. The Kier molecular flexibility index (Phi) is 3.42. The lowest BCUT2D eigenvalue weighted by Gasteiger charge is -2.03. The fourth-order valence-electron chi connectivity index (χ4n) is 2.19. The number of fused-ring (bicyclic) bond motifs is 1. The molecule has 0 radical (unpaired) electrons. The van der Waals surface area contributed by atoms with Gasteiger partial charge in [-0.1, -0.05) is 23.2 Å². The molecule has 3 aromatic rings. The summed E-state index contributed by atoms with van der Waals surface area (Å²) < 4.78 is 0. The quantitative estimate of drug-likeness (QED) is 0.704. The number of carbonyl (C=O) groups is 1. The van der Waals surface area contributed by atoms with Crippen LogP contribution in [0, 0.1) is 11.3 Å². The van der Waals surface area contributed by atoms with Gasteiger partial charge in [0.15, 0.2) is 5.78 Å². The molecule has 102 valence electrons. The van der Waals surface area contributed by atoms with Gasteiger partial charge in [0.1, 0.15) is 0 Å². The van der Waals surface area contributed by atoms with Crippen molar-refractivity contribution in [3.8, 4) is 6.07 Å². The highest BCUT2D eigenvalue weighted by molar-refractivity contribution is 6.37. The molecule has 0 saturated heterocycles. The maximum atomic E-state index is 12.6. The van der Waals surface area contributed by atoms with Gasteiger partial charge in [-0.05, 0) is 36.4 Å². The zero-order chi connectivity index (χ0) is 15.0. The molecule has 21 heavy (non-hydrogen) atoms. The largest absolute Gasteiger partial charge is 0.360 e. The molecule has 0 aliphatic heterocycles. The first-order valence-electron chi connectivity index (χ1n) is 6.11. The average Bonchev–Trinajstić information content (AvgIpc) is 2.91. The van der Waals surface area contributed by atoms with Crippen molar-refractivity contribution in [2.45, 2.75) is 0 Å². The number of nitrogens with zero attached hydrogens (tertiary/aromatic N) is 1. The molecule has 0 spiro atoms. The number of aromatic nitrogens is 1. The molecule has 1 N–H and O–H groups in total. The lowest BCUT2D eigenvalue weighted by Crippen LogP contribution is -2.01. The Bertz CT molecular complexity index is 906. The van der Waals surface area contributed by atoms with Crippen molar-refractivity contribution < 1.29 is 4.79 Å². The Morgan fingerprint density at radius 3 is 2.67 bits per heavy atom. The molecule has 2 aromatic carbocycles. The third-order valence-electron chi connectivity index (χ3n) is 3.23. The minimum Gasteiger partial charge on any atom is -0.360 e. The number of aromatic amines is 1. The van der Waals surface area contributed by atoms with E-state index in [0.717, 1.165) is 5.52 Å². The van der Waals surface area contributed by atoms with Crippen LogP contribution >= 0.6 is 23.2 Å². The summed E-state index contributed by atoms with van der Waals surface area (Å²) in [5.74, 6) is -0.233. The van der Waals surface area contributed by atoms with Crippen molar-refractivity contribution in [2.75, 3.05) is 0 Å². The second-order valence-corrected chi connectivity index (χ2v) is 5.37. The van der Waals surface area contributed by atoms with Gasteiger partial charge in [0.05, 0.1) is 16.7 Å². The number of ketones is 1. The van der Waals surface area contributed by atoms with Crippen LogP contribution in [0.25, 0.3) is 10.9 Å². The van der Waals surface area contributed by atoms with E-state index in [4.69, 9.17) is 28.5 Å². The predicted octanol–water partition coefficient (Wildman–Crippen LogP) is 4.58. The lowest BCUT2D eigenvalue weighted by atomic mass is 10.0. The monoisotopic (exact) mass is 314 g/mol. The first kappa shape index (κ1) is 13.7. The van der Waals surface area contributed by atoms with E-state index in [2.05, 4.69) is 11.1 Å². The molecule has 0 saturated carbocycles. The van der Waals surface area contributed by atoms with Gasteiger partial charge in [-0.2, -0.15) is 5.26 Å². The van der Waals surface area contributed by atoms with Gasteiger partial charge < -0.3 is 4.98 Å². The zero-order valence-corrected chi connectivity index (χ0v) is 12.2. The van der Waals surface area contributed by atoms with Gasteiger partial charge in [0.25, 0.3) is 0 Å². The summed E-state index contributed by atoms with van der Waals surface area (Å²) in [6.45, 7) is 0. The number of rotatable bonds is 2. The van der Waals surface area contributed by atoms with E-state index < -0.39 is 0 Å². The van der Waals surface area contributed by atoms with Gasteiger partial charge in [0.2, 0.25) is 0 Å². The summed E-state index contributed by atoms with van der Waals surface area (Å²) in [5.41, 5.74) is 2.09. The maximum absolute atomic E-state index is 12.6. The van der Waals surface area contributed by atoms with Gasteiger partial charge in [-0.25, -0.2) is 0 Å². The molecule has 0 aliphatic carbocycles. The fraction of sp³-hybridized carbons (Fsp3) is 0. The highest BCUT2D eigenvalue weighted by atomic mass is 35.5. The van der Waals surface area contributed by atoms with E-state index in [1.807, 2.05) is 0 Å². The third kappa shape index (κ3) is 2.40. The van der Waals surface area contributed by atoms with Crippen LogP contribution in [0.2, 0.25) is 10.0 Å². The Morgan fingerprint density at radius 1 is 1.10 bits per heavy atom. The number of benzene rings is 2. The Hall–Kier alpha value is -2.28. The van der Waals surface area contributed by atoms with Crippen LogP contribution in [0.4, 0.5) is 0 Å². The zero-order valence-electron chi connectivity index (χ0n) is 10.7. The summed E-state index contributed by atoms with van der Waals surface area (Å²) >= 11 is 12.0. The molecule has 3 rings (SSSR count). The summed E-state index contributed by atoms with van der Waals surface area (Å²) in [5, 5.41) is 10.5. The van der Waals surface area contributed by atoms with Gasteiger partial charge in [-0.3, -0.25) is 4.79 Å². The summed E-state index contributed by atoms with van der Waals surface area (Å²) in [4.78, 5) is 15.7. The molecule has 1 aromatic heterocycles. The van der Waals surface area contributed by atoms with Gasteiger partial charge in [-0.15, -0.1) is 0 Å². The number of hydrogen-bond donors (Lipinski definition) is 1. The van der Waals surface area contributed by atoms with Crippen molar-refractivity contribution in [1.82, 2.24) is 4.98 Å². The second-order valence-electron chi connectivity index (χ2n) is 4.53. The molecule has 0 fully saturated rings. The van der Waals surface area contributed by atoms with E-state index in [9.17, 15) is 4.79 Å². The molecule has 0 amide bonds. The smallest absolute Gasteiger partial charge is 0.196 e. The van der Waals surface area contributed by atoms with Crippen LogP contribution in [0.1, 0.15) is 21.5 Å². The van der Waals surface area contributed by atoms with Crippen molar-refractivity contribution >= 4 is 39.9 Å². The van der Waals surface area contributed by atoms with Crippen LogP contribution in [0.15, 0.2) is 42.6 Å². The molecule has 1 heterocycles. The fourth-order valence-corrected chi connectivity index (χ4v) is 2.57. The van der Waals surface area contributed by atoms with Crippen LogP contribution in [0.3, 0.4) is 0 Å². The van der Waals surface area contributed by atoms with Crippen LogP contribution in [-0.4, -0.2) is 10.8 Å². The molecule has 5 heteroatoms. The SMILES string of the molecule is N#Cc1ccc2[nH]cc(C(=O)c3cc(Cl)ccc3Cl)c2c1. The van der Waals surface area contributed by atoms with Crippen molar-refractivity contribution in [2.24, 2.45) is 0 Å². The summed E-state index contributed by atoms with van der Waals surface area (Å²) in [6.07, 6.45) is 1.62. The molecular formula is C16H8Cl2N2O. The Balaban J connectivity index is 2.18. The summed E-state index contributed by atoms with van der Waals surface area (Å²) in [7, 11) is 0. The van der Waals surface area contributed by atoms with Gasteiger partial charge in [0, 0.05) is 33.2 Å². The van der Waals surface area contributed by atoms with Crippen LogP contribution in [0.5, 0.6) is 0 Å². The third-order valence-corrected chi connectivity index (χ3v) is 3.79. The van der Waals surface area contributed by atoms with Crippen molar-refractivity contribution in [1.29, 1.82) is 5.26 Å². The van der Waals surface area contributed by atoms with E-state index in [1.54, 1.807) is 42.6 Å². The van der Waals surface area contributed by atoms with E-state index in [0.29, 0.717) is 32.1 Å². The first-order chi connectivity index (χ1) is 10.1. The highest BCUT2D eigenvalue weighted by Crippen LogP contribution is 2.27. The van der Waals surface area contributed by atoms with Crippen molar-refractivity contribution in [3.63, 3.8) is 0 Å². The maximum Gasteiger partial charge on any atom is 0.196 e. The minimum atomic E-state index is -0.233. The Labute approximate surface area is 130 Å². The molecule has 0 unspecified atom stereocenters. The number of H-pyrrole nitrogens is 1. The number of hydrogen-bond acceptors (Lipinski definition) is 2. The first-order valence-corrected chi connectivity index (χ1v) is 6.87. The second kappa shape index (κ2) is 5.25. The molecule has 0 bridgehead atoms. The molecule has 0 aliphatic rings. The number of halogens is 2. The number of nitrogens with one attached hydrogen (secondary N) is 1. The van der Waals surface area contributed by atoms with Crippen LogP contribution in [-0.2, 0) is 0 Å². The average molecular weight is 315 g/mol. The van der Waals surface area contributed by atoms with E-state index in [1.165, 1.54) is 0 Å². The Morgan fingerprint density at radius 2 is 1.90 bits per heavy atom. The normalized spacial score (nSPS) is 10.5. The topological polar surface area (TPSA) is 56.6 Å². The molecule has 3 nitrogen and oxygen atoms in total. The van der Waals surface area contributed by atoms with Gasteiger partial charge >= 0.3 is 0 Å². The lowest BCUT2D eigenvalue weighted by molar-refractivity contribution is 0.104. The number of nitriles is 1. The van der Waals surface area contributed by atoms with E-state index >= 15 is 0 Å². The number of carbonyl (C=O) groups excluding carboxylic acids is 1.